The van der Waals surface area contributed by atoms with Crippen molar-refractivity contribution in [2.45, 2.75) is 56.3 Å². The number of aromatic nitrogens is 3. The number of nitrogens with one attached hydrogen (secondary N) is 2. The molecule has 2 N–H and O–H groups in total. The molecule has 5 aliphatic heterocycles. The number of ether oxygens (including phenoxy) is 3. The average molecular weight is 706 g/mol. The molecule has 4 aromatic rings. The van der Waals surface area contributed by atoms with Crippen LogP contribution in [0.4, 0.5) is 4.39 Å². The zero-order valence-corrected chi connectivity index (χ0v) is 29.4. The number of hydrogen-bond donors (Lipinski definition) is 2. The number of halogens is 1. The van der Waals surface area contributed by atoms with E-state index in [2.05, 4.69) is 30.4 Å². The molecule has 2 amide bonds. The number of benzene rings is 2. The molecule has 0 aliphatic carbocycles. The van der Waals surface area contributed by atoms with Crippen molar-refractivity contribution in [1.29, 1.82) is 0 Å². The van der Waals surface area contributed by atoms with E-state index in [0.717, 1.165) is 67.0 Å². The number of pyridine rings is 1. The van der Waals surface area contributed by atoms with E-state index < -0.39 is 5.82 Å². The van der Waals surface area contributed by atoms with Crippen molar-refractivity contribution in [3.63, 3.8) is 0 Å². The summed E-state index contributed by atoms with van der Waals surface area (Å²) >= 11 is 0. The number of carbonyl (C=O) groups is 2. The van der Waals surface area contributed by atoms with E-state index in [0.29, 0.717) is 66.0 Å². The minimum absolute atomic E-state index is 0.0151. The van der Waals surface area contributed by atoms with Crippen molar-refractivity contribution in [3.05, 3.63) is 71.3 Å². The minimum Gasteiger partial charge on any atom is -0.491 e. The van der Waals surface area contributed by atoms with E-state index in [1.54, 1.807) is 25.4 Å². The third-order valence-electron chi connectivity index (χ3n) is 11.4. The smallest absolute Gasteiger partial charge is 0.237 e. The highest BCUT2D eigenvalue weighted by Crippen LogP contribution is 2.48. The van der Waals surface area contributed by atoms with Crippen molar-refractivity contribution < 1.29 is 28.2 Å². The SMILES string of the molecule is COc1nc(-c2cccc(-c3cccc(-c4cc5c(c(OC)n4)C(N4CC6(CCC(=O)N6)C4)CO5)c3C)c2F)cnc1CN1CC2(CCC(=O)N2)C1. The van der Waals surface area contributed by atoms with E-state index in [4.69, 9.17) is 19.2 Å². The van der Waals surface area contributed by atoms with Crippen LogP contribution in [0.25, 0.3) is 33.6 Å². The molecule has 7 heterocycles. The molecule has 12 nitrogen and oxygen atoms in total. The summed E-state index contributed by atoms with van der Waals surface area (Å²) in [4.78, 5) is 42.4. The Hall–Kier alpha value is -5.14. The maximum atomic E-state index is 16.5. The highest BCUT2D eigenvalue weighted by atomic mass is 19.1. The number of methoxy groups -OCH3 is 2. The van der Waals surface area contributed by atoms with Crippen molar-refractivity contribution in [1.82, 2.24) is 35.4 Å². The van der Waals surface area contributed by atoms with Crippen LogP contribution < -0.4 is 24.8 Å². The molecule has 268 valence electrons. The molecule has 5 aliphatic rings. The molecule has 0 bridgehead atoms. The van der Waals surface area contributed by atoms with E-state index in [1.165, 1.54) is 7.11 Å². The van der Waals surface area contributed by atoms with Crippen LogP contribution in [0.3, 0.4) is 0 Å². The van der Waals surface area contributed by atoms with Crippen LogP contribution in [-0.2, 0) is 16.1 Å². The first-order valence-corrected chi connectivity index (χ1v) is 17.8. The van der Waals surface area contributed by atoms with Crippen molar-refractivity contribution in [2.75, 3.05) is 47.0 Å². The number of amides is 2. The molecule has 0 saturated carbocycles. The van der Waals surface area contributed by atoms with Crippen LogP contribution >= 0.6 is 0 Å². The van der Waals surface area contributed by atoms with Gasteiger partial charge in [-0.2, -0.15) is 0 Å². The van der Waals surface area contributed by atoms with Crippen LogP contribution in [0, 0.1) is 12.7 Å². The molecule has 1 unspecified atom stereocenters. The molecule has 9 rings (SSSR count). The third-order valence-corrected chi connectivity index (χ3v) is 11.4. The van der Waals surface area contributed by atoms with Gasteiger partial charge in [0.15, 0.2) is 0 Å². The number of carbonyl (C=O) groups excluding carboxylic acids is 2. The summed E-state index contributed by atoms with van der Waals surface area (Å²) in [5.41, 5.74) is 5.51. The molecule has 4 fully saturated rings. The Balaban J connectivity index is 0.973. The number of rotatable bonds is 8. The molecular weight excluding hydrogens is 665 g/mol. The molecule has 2 spiro atoms. The highest BCUT2D eigenvalue weighted by molar-refractivity contribution is 5.82. The standard InChI is InChI=1S/C39H40FN7O5/c1-22-23(6-4-7-24(22)27-14-31-34(37(42-27)51-3)30(17-52-31)47-20-39(21-47)13-11-33(49)45-39)25-8-5-9-26(35(25)40)28-15-41-29(36(43-28)50-2)16-46-18-38(19-46)12-10-32(48)44-38/h4-9,14-15,30H,10-13,16-21H2,1-3H3,(H,44,48)(H,45,49). The molecule has 52 heavy (non-hydrogen) atoms. The molecule has 1 atom stereocenters. The zero-order valence-electron chi connectivity index (χ0n) is 29.4. The fourth-order valence-corrected chi connectivity index (χ4v) is 8.82. The summed E-state index contributed by atoms with van der Waals surface area (Å²) in [6, 6.07) is 13.0. The van der Waals surface area contributed by atoms with Gasteiger partial charge in [0.25, 0.3) is 0 Å². The minimum atomic E-state index is -0.412. The topological polar surface area (TPSA) is 131 Å². The van der Waals surface area contributed by atoms with Crippen molar-refractivity contribution >= 4 is 11.8 Å². The van der Waals surface area contributed by atoms with Crippen LogP contribution in [-0.4, -0.2) is 94.6 Å². The van der Waals surface area contributed by atoms with Crippen LogP contribution in [0.15, 0.2) is 48.7 Å². The number of likely N-dealkylation sites (tertiary alicyclic amines) is 2. The summed E-state index contributed by atoms with van der Waals surface area (Å²) < 4.78 is 34.2. The molecule has 0 radical (unpaired) electrons. The fraction of sp³-hybridized carbons (Fsp3) is 0.410. The van der Waals surface area contributed by atoms with Crippen molar-refractivity contribution in [2.24, 2.45) is 0 Å². The summed E-state index contributed by atoms with van der Waals surface area (Å²) in [5.74, 6) is 1.37. The number of hydrogen-bond acceptors (Lipinski definition) is 10. The van der Waals surface area contributed by atoms with Gasteiger partial charge in [0.1, 0.15) is 23.9 Å². The zero-order chi connectivity index (χ0) is 35.8. The van der Waals surface area contributed by atoms with Gasteiger partial charge in [0.05, 0.1) is 54.5 Å². The van der Waals surface area contributed by atoms with Gasteiger partial charge in [-0.25, -0.2) is 14.4 Å². The van der Waals surface area contributed by atoms with Gasteiger partial charge in [-0.05, 0) is 37.0 Å². The van der Waals surface area contributed by atoms with Gasteiger partial charge in [-0.1, -0.05) is 30.3 Å². The second-order valence-electron chi connectivity index (χ2n) is 14.8. The maximum absolute atomic E-state index is 16.5. The molecule has 2 aromatic heterocycles. The highest BCUT2D eigenvalue weighted by Gasteiger charge is 2.52. The summed E-state index contributed by atoms with van der Waals surface area (Å²) in [7, 11) is 3.15. The largest absolute Gasteiger partial charge is 0.491 e. The lowest BCUT2D eigenvalue weighted by atomic mass is 9.86. The van der Waals surface area contributed by atoms with E-state index in [9.17, 15) is 9.59 Å². The Bertz CT molecular complexity index is 2130. The van der Waals surface area contributed by atoms with Crippen molar-refractivity contribution in [3.8, 4) is 51.2 Å². The van der Waals surface area contributed by atoms with E-state index in [1.807, 2.05) is 37.3 Å². The summed E-state index contributed by atoms with van der Waals surface area (Å²) in [6.45, 7) is 6.01. The monoisotopic (exact) mass is 705 g/mol. The lowest BCUT2D eigenvalue weighted by molar-refractivity contribution is -0.121. The van der Waals surface area contributed by atoms with Gasteiger partial charge in [-0.3, -0.25) is 24.4 Å². The van der Waals surface area contributed by atoms with Gasteiger partial charge in [0.2, 0.25) is 23.6 Å². The van der Waals surface area contributed by atoms with Crippen LogP contribution in [0.5, 0.6) is 17.5 Å². The first kappa shape index (κ1) is 32.7. The van der Waals surface area contributed by atoms with E-state index >= 15 is 4.39 Å². The van der Waals surface area contributed by atoms with Gasteiger partial charge in [-0.15, -0.1) is 0 Å². The predicted octanol–water partition coefficient (Wildman–Crippen LogP) is 4.20. The Morgan fingerprint density at radius 2 is 1.50 bits per heavy atom. The fourth-order valence-electron chi connectivity index (χ4n) is 8.82. The van der Waals surface area contributed by atoms with Gasteiger partial charge >= 0.3 is 0 Å². The number of nitrogens with zero attached hydrogens (tertiary/aromatic N) is 5. The van der Waals surface area contributed by atoms with Crippen LogP contribution in [0.2, 0.25) is 0 Å². The normalized spacial score (nSPS) is 21.3. The lowest BCUT2D eigenvalue weighted by Gasteiger charge is -2.50. The van der Waals surface area contributed by atoms with E-state index in [-0.39, 0.29) is 28.9 Å². The lowest BCUT2D eigenvalue weighted by Crippen LogP contribution is -2.67. The Morgan fingerprint density at radius 1 is 0.865 bits per heavy atom. The molecule has 2 aromatic carbocycles. The third kappa shape index (κ3) is 5.36. The second-order valence-corrected chi connectivity index (χ2v) is 14.8. The maximum Gasteiger partial charge on any atom is 0.237 e. The first-order chi connectivity index (χ1) is 25.2. The van der Waals surface area contributed by atoms with Gasteiger partial charge < -0.3 is 24.8 Å². The second kappa shape index (κ2) is 12.2. The Labute approximate surface area is 300 Å². The molecule has 4 saturated heterocycles. The van der Waals surface area contributed by atoms with Gasteiger partial charge in [0, 0.05) is 68.3 Å². The summed E-state index contributed by atoms with van der Waals surface area (Å²) in [5, 5.41) is 6.25. The first-order valence-electron chi connectivity index (χ1n) is 17.8. The van der Waals surface area contributed by atoms with Crippen LogP contribution in [0.1, 0.15) is 48.5 Å². The molecular formula is C39H40FN7O5. The predicted molar refractivity (Wildman–Crippen MR) is 189 cm³/mol. The summed E-state index contributed by atoms with van der Waals surface area (Å²) in [6.07, 6.45) is 4.44. The average Bonchev–Trinajstić information content (AvgIpc) is 3.84. The Morgan fingerprint density at radius 3 is 2.17 bits per heavy atom. The number of fused-ring (bicyclic) bond motifs is 1. The molecule has 13 heteroatoms. The quantitative estimate of drug-likeness (QED) is 0.275. The Kier molecular flexibility index (Phi) is 7.70.